The van der Waals surface area contributed by atoms with Crippen molar-refractivity contribution >= 4 is 27.5 Å². The molecule has 0 bridgehead atoms. The smallest absolute Gasteiger partial charge is 0.332 e. The van der Waals surface area contributed by atoms with E-state index >= 15 is 0 Å². The molecule has 12 nitrogen and oxygen atoms in total. The van der Waals surface area contributed by atoms with Crippen molar-refractivity contribution in [2.75, 3.05) is 13.7 Å². The molecule has 2 N–H and O–H groups in total. The molecule has 2 atom stereocenters. The summed E-state index contributed by atoms with van der Waals surface area (Å²) >= 11 is 1.18. The largest absolute Gasteiger partial charge is 0.496 e. The van der Waals surface area contributed by atoms with Gasteiger partial charge in [0, 0.05) is 17.7 Å². The highest BCUT2D eigenvalue weighted by Crippen LogP contribution is 2.36. The van der Waals surface area contributed by atoms with Crippen molar-refractivity contribution in [1.82, 2.24) is 29.4 Å². The first-order valence-corrected chi connectivity index (χ1v) is 14.7. The molecule has 222 valence electrons. The lowest BCUT2D eigenvalue weighted by Crippen LogP contribution is -2.44. The Morgan fingerprint density at radius 1 is 1.14 bits per heavy atom. The van der Waals surface area contributed by atoms with Crippen LogP contribution in [0.3, 0.4) is 0 Å². The third kappa shape index (κ3) is 5.03. The van der Waals surface area contributed by atoms with E-state index in [9.17, 15) is 23.9 Å². The van der Waals surface area contributed by atoms with Gasteiger partial charge in [0.15, 0.2) is 0 Å². The van der Waals surface area contributed by atoms with Gasteiger partial charge in [-0.05, 0) is 57.2 Å². The van der Waals surface area contributed by atoms with E-state index in [1.807, 2.05) is 0 Å². The normalized spacial score (nSPS) is 21.5. The molecular weight excluding hydrogens is 567 g/mol. The van der Waals surface area contributed by atoms with Gasteiger partial charge in [-0.15, -0.1) is 4.80 Å². The predicted octanol–water partition coefficient (Wildman–Crippen LogP) is 2.38. The number of aliphatic hydroxyl groups excluding tert-OH is 1. The number of halogens is 1. The van der Waals surface area contributed by atoms with E-state index in [0.29, 0.717) is 58.9 Å². The zero-order chi connectivity index (χ0) is 29.5. The van der Waals surface area contributed by atoms with E-state index < -0.39 is 41.2 Å². The van der Waals surface area contributed by atoms with Crippen LogP contribution in [0.1, 0.15) is 55.4 Å². The van der Waals surface area contributed by atoms with Gasteiger partial charge in [-0.3, -0.25) is 14.2 Å². The van der Waals surface area contributed by atoms with E-state index in [1.165, 1.54) is 58.4 Å². The molecule has 0 spiro atoms. The minimum atomic E-state index is -0.964. The second kappa shape index (κ2) is 11.4. The zero-order valence-corrected chi connectivity index (χ0v) is 24.0. The fraction of sp³-hybridized carbons (Fsp3) is 0.464. The highest BCUT2D eigenvalue weighted by molar-refractivity contribution is 7.21. The second-order valence-electron chi connectivity index (χ2n) is 10.6. The SMILES string of the molecule is COc1ccc(F)cc1C(Cn1c(=O)n([C@@H]2CCNC2=O)c(=O)c2c(C)c(-n3nccn3)sc21)OC1CCC(O)CC1. The Kier molecular flexibility index (Phi) is 7.68. The summed E-state index contributed by atoms with van der Waals surface area (Å²) in [6, 6.07) is 3.15. The number of aromatic nitrogens is 5. The Morgan fingerprint density at radius 3 is 2.55 bits per heavy atom. The molecule has 1 unspecified atom stereocenters. The second-order valence-corrected chi connectivity index (χ2v) is 11.6. The lowest BCUT2D eigenvalue weighted by Gasteiger charge is -2.31. The van der Waals surface area contributed by atoms with Crippen molar-refractivity contribution in [3.8, 4) is 10.8 Å². The van der Waals surface area contributed by atoms with Crippen molar-refractivity contribution in [1.29, 1.82) is 0 Å². The van der Waals surface area contributed by atoms with Crippen LogP contribution in [0.5, 0.6) is 5.75 Å². The Balaban J connectivity index is 1.55. The average molecular weight is 599 g/mol. The van der Waals surface area contributed by atoms with Gasteiger partial charge in [0.25, 0.3) is 5.56 Å². The molecule has 2 aliphatic rings. The van der Waals surface area contributed by atoms with E-state index in [4.69, 9.17) is 9.47 Å². The molecule has 1 saturated heterocycles. The molecule has 1 aromatic carbocycles. The van der Waals surface area contributed by atoms with Crippen LogP contribution in [0.15, 0.2) is 40.2 Å². The fourth-order valence-electron chi connectivity index (χ4n) is 5.88. The molecule has 42 heavy (non-hydrogen) atoms. The van der Waals surface area contributed by atoms with Crippen molar-refractivity contribution in [2.24, 2.45) is 0 Å². The third-order valence-electron chi connectivity index (χ3n) is 8.04. The molecule has 1 aliphatic heterocycles. The zero-order valence-electron chi connectivity index (χ0n) is 23.2. The maximum Gasteiger partial charge on any atom is 0.332 e. The molecule has 1 aliphatic carbocycles. The number of nitrogens with zero attached hydrogens (tertiary/aromatic N) is 5. The van der Waals surface area contributed by atoms with Crippen molar-refractivity contribution < 1.29 is 23.8 Å². The average Bonchev–Trinajstić information content (AvgIpc) is 3.73. The fourth-order valence-corrected chi connectivity index (χ4v) is 7.10. The molecule has 0 radical (unpaired) electrons. The highest BCUT2D eigenvalue weighted by Gasteiger charge is 2.33. The number of thiophene rings is 1. The first-order chi connectivity index (χ1) is 20.3. The number of aliphatic hydroxyl groups is 1. The topological polar surface area (TPSA) is 142 Å². The number of carbonyl (C=O) groups excluding carboxylic acids is 1. The van der Waals surface area contributed by atoms with Crippen LogP contribution in [0.4, 0.5) is 4.39 Å². The van der Waals surface area contributed by atoms with Gasteiger partial charge in [-0.25, -0.2) is 13.8 Å². The van der Waals surface area contributed by atoms with Crippen LogP contribution < -0.4 is 21.3 Å². The Morgan fingerprint density at radius 2 is 1.88 bits per heavy atom. The number of fused-ring (bicyclic) bond motifs is 1. The van der Waals surface area contributed by atoms with Crippen molar-refractivity contribution in [3.63, 3.8) is 0 Å². The number of amides is 1. The molecule has 4 aromatic rings. The third-order valence-corrected chi connectivity index (χ3v) is 9.32. The number of methoxy groups -OCH3 is 1. The van der Waals surface area contributed by atoms with Gasteiger partial charge in [0.05, 0.1) is 43.6 Å². The van der Waals surface area contributed by atoms with E-state index in [2.05, 4.69) is 15.5 Å². The Bertz CT molecular complexity index is 1740. The summed E-state index contributed by atoms with van der Waals surface area (Å²) in [5.74, 6) is -0.515. The summed E-state index contributed by atoms with van der Waals surface area (Å²) in [5.41, 5.74) is -0.261. The number of ether oxygens (including phenoxy) is 2. The van der Waals surface area contributed by atoms with Crippen LogP contribution in [-0.2, 0) is 16.1 Å². The molecule has 2 fully saturated rings. The molecule has 1 amide bonds. The van der Waals surface area contributed by atoms with Crippen LogP contribution in [0, 0.1) is 12.7 Å². The van der Waals surface area contributed by atoms with Gasteiger partial charge in [-0.1, -0.05) is 11.3 Å². The first kappa shape index (κ1) is 28.2. The quantitative estimate of drug-likeness (QED) is 0.315. The van der Waals surface area contributed by atoms with Gasteiger partial charge < -0.3 is 19.9 Å². The van der Waals surface area contributed by atoms with Crippen LogP contribution >= 0.6 is 11.3 Å². The van der Waals surface area contributed by atoms with Gasteiger partial charge >= 0.3 is 5.69 Å². The standard InChI is InChI=1S/C28H31FN6O6S/c1-15-23-25(38)34(20-9-10-30-24(20)37)28(39)33(27(23)42-26(15)35-31-11-12-32-35)14-22(41-18-6-4-17(36)5-7-18)19-13-16(29)3-8-21(19)40-2/h3,8,11-13,17-18,20,22,36H,4-7,9-10,14H2,1-2H3,(H,30,37)/t17?,18?,20-,22?/m1/s1. The van der Waals surface area contributed by atoms with Crippen molar-refractivity contribution in [3.05, 3.63) is 68.4 Å². The van der Waals surface area contributed by atoms with E-state index in [0.717, 1.165) is 4.57 Å². The predicted molar refractivity (Wildman–Crippen MR) is 152 cm³/mol. The first-order valence-electron chi connectivity index (χ1n) is 13.9. The van der Waals surface area contributed by atoms with Gasteiger partial charge in [0.2, 0.25) is 5.91 Å². The molecule has 1 saturated carbocycles. The molecular formula is C28H31FN6O6S. The maximum absolute atomic E-state index is 14.6. The lowest BCUT2D eigenvalue weighted by molar-refractivity contribution is -0.122. The maximum atomic E-state index is 14.6. The summed E-state index contributed by atoms with van der Waals surface area (Å²) in [6.45, 7) is 2.01. The number of hydrogen-bond donors (Lipinski definition) is 2. The van der Waals surface area contributed by atoms with Crippen LogP contribution in [0.2, 0.25) is 0 Å². The van der Waals surface area contributed by atoms with E-state index in [1.54, 1.807) is 6.92 Å². The monoisotopic (exact) mass is 598 g/mol. The van der Waals surface area contributed by atoms with Crippen LogP contribution in [-0.4, -0.2) is 61.0 Å². The molecule has 6 rings (SSSR count). The highest BCUT2D eigenvalue weighted by atomic mass is 32.1. The summed E-state index contributed by atoms with van der Waals surface area (Å²) < 4.78 is 29.2. The number of rotatable bonds is 8. The minimum absolute atomic E-state index is 0.0885. The number of nitrogens with one attached hydrogen (secondary N) is 1. The number of hydrogen-bond acceptors (Lipinski definition) is 9. The minimum Gasteiger partial charge on any atom is -0.496 e. The van der Waals surface area contributed by atoms with E-state index in [-0.39, 0.29) is 24.5 Å². The molecule has 4 heterocycles. The van der Waals surface area contributed by atoms with Gasteiger partial charge in [0.1, 0.15) is 33.5 Å². The van der Waals surface area contributed by atoms with Crippen LogP contribution in [0.25, 0.3) is 15.2 Å². The summed E-state index contributed by atoms with van der Waals surface area (Å²) in [5, 5.41) is 22.0. The lowest BCUT2D eigenvalue weighted by atomic mass is 9.94. The number of benzene rings is 1. The summed E-state index contributed by atoms with van der Waals surface area (Å²) in [7, 11) is 1.47. The van der Waals surface area contributed by atoms with Crippen molar-refractivity contribution in [2.45, 2.75) is 69.9 Å². The molecule has 14 heteroatoms. The molecule has 3 aromatic heterocycles. The number of carbonyl (C=O) groups is 1. The Labute approximate surface area is 243 Å². The number of aryl methyl sites for hydroxylation is 1. The van der Waals surface area contributed by atoms with Gasteiger partial charge in [-0.2, -0.15) is 10.2 Å². The Hall–Kier alpha value is -3.88. The summed E-state index contributed by atoms with van der Waals surface area (Å²) in [6.07, 6.45) is 4.12. The summed E-state index contributed by atoms with van der Waals surface area (Å²) in [4.78, 5) is 42.5.